The SMILES string of the molecule is Cc1ccc(CNC(=O)CSc2nc3ccccc3nc2N2CCOCC2)cc1. The summed E-state index contributed by atoms with van der Waals surface area (Å²) < 4.78 is 5.47. The van der Waals surface area contributed by atoms with Gasteiger partial charge in [-0.1, -0.05) is 53.7 Å². The Morgan fingerprint density at radius 1 is 1.07 bits per heavy atom. The number of carbonyl (C=O) groups excluding carboxylic acids is 1. The van der Waals surface area contributed by atoms with Crippen molar-refractivity contribution < 1.29 is 9.53 Å². The number of amides is 1. The number of morpholine rings is 1. The molecule has 1 aliphatic rings. The van der Waals surface area contributed by atoms with Crippen molar-refractivity contribution in [3.8, 4) is 0 Å². The van der Waals surface area contributed by atoms with Gasteiger partial charge in [0.25, 0.3) is 0 Å². The minimum atomic E-state index is -0.0153. The van der Waals surface area contributed by atoms with E-state index in [0.717, 1.165) is 40.5 Å². The van der Waals surface area contributed by atoms with E-state index in [9.17, 15) is 4.79 Å². The first kappa shape index (κ1) is 19.7. The van der Waals surface area contributed by atoms with Crippen LogP contribution in [-0.2, 0) is 16.1 Å². The number of nitrogens with one attached hydrogen (secondary N) is 1. The van der Waals surface area contributed by atoms with Gasteiger partial charge >= 0.3 is 0 Å². The van der Waals surface area contributed by atoms with Gasteiger partial charge in [-0.05, 0) is 24.6 Å². The van der Waals surface area contributed by atoms with Crippen LogP contribution in [0.5, 0.6) is 0 Å². The van der Waals surface area contributed by atoms with E-state index < -0.39 is 0 Å². The number of aromatic nitrogens is 2. The zero-order valence-electron chi connectivity index (χ0n) is 16.4. The van der Waals surface area contributed by atoms with Crippen LogP contribution in [0.15, 0.2) is 53.6 Å². The third-order valence-electron chi connectivity index (χ3n) is 4.78. The summed E-state index contributed by atoms with van der Waals surface area (Å²) in [6.45, 7) is 5.49. The summed E-state index contributed by atoms with van der Waals surface area (Å²) in [4.78, 5) is 24.2. The minimum absolute atomic E-state index is 0.0153. The molecule has 0 aliphatic carbocycles. The Morgan fingerprint density at radius 3 is 2.48 bits per heavy atom. The molecule has 1 amide bonds. The summed E-state index contributed by atoms with van der Waals surface area (Å²) in [5.74, 6) is 1.12. The number of hydrogen-bond donors (Lipinski definition) is 1. The van der Waals surface area contributed by atoms with Gasteiger partial charge in [-0.3, -0.25) is 4.79 Å². The fraction of sp³-hybridized carbons (Fsp3) is 0.318. The molecule has 4 rings (SSSR count). The normalized spacial score (nSPS) is 14.2. The molecule has 2 heterocycles. The maximum absolute atomic E-state index is 12.4. The maximum atomic E-state index is 12.4. The van der Waals surface area contributed by atoms with E-state index in [1.165, 1.54) is 17.3 Å². The molecule has 29 heavy (non-hydrogen) atoms. The zero-order chi connectivity index (χ0) is 20.1. The lowest BCUT2D eigenvalue weighted by molar-refractivity contribution is -0.118. The van der Waals surface area contributed by atoms with Crippen LogP contribution in [0.4, 0.5) is 5.82 Å². The van der Waals surface area contributed by atoms with Crippen LogP contribution in [-0.4, -0.2) is 47.9 Å². The molecule has 1 N–H and O–H groups in total. The topological polar surface area (TPSA) is 67.4 Å². The van der Waals surface area contributed by atoms with Gasteiger partial charge in [-0.25, -0.2) is 9.97 Å². The highest BCUT2D eigenvalue weighted by atomic mass is 32.2. The van der Waals surface area contributed by atoms with Crippen molar-refractivity contribution in [2.24, 2.45) is 0 Å². The van der Waals surface area contributed by atoms with E-state index in [0.29, 0.717) is 25.5 Å². The Morgan fingerprint density at radius 2 is 1.76 bits per heavy atom. The molecular formula is C22H24N4O2S. The highest BCUT2D eigenvalue weighted by Crippen LogP contribution is 2.29. The quantitative estimate of drug-likeness (QED) is 0.632. The Kier molecular flexibility index (Phi) is 6.27. The second-order valence-corrected chi connectivity index (χ2v) is 7.96. The molecule has 0 unspecified atom stereocenters. The lowest BCUT2D eigenvalue weighted by Crippen LogP contribution is -2.37. The van der Waals surface area contributed by atoms with Gasteiger partial charge in [0.15, 0.2) is 5.82 Å². The van der Waals surface area contributed by atoms with Crippen LogP contribution in [0.3, 0.4) is 0 Å². The number of benzene rings is 2. The highest BCUT2D eigenvalue weighted by molar-refractivity contribution is 8.00. The molecule has 3 aromatic rings. The summed E-state index contributed by atoms with van der Waals surface area (Å²) in [5.41, 5.74) is 4.00. The largest absolute Gasteiger partial charge is 0.378 e. The number of aryl methyl sites for hydroxylation is 1. The summed E-state index contributed by atoms with van der Waals surface area (Å²) in [7, 11) is 0. The number of carbonyl (C=O) groups is 1. The third kappa shape index (κ3) is 5.05. The van der Waals surface area contributed by atoms with Crippen molar-refractivity contribution >= 4 is 34.5 Å². The van der Waals surface area contributed by atoms with Crippen LogP contribution in [0, 0.1) is 6.92 Å². The Balaban J connectivity index is 1.45. The van der Waals surface area contributed by atoms with Gasteiger partial charge in [-0.2, -0.15) is 0 Å². The number of thioether (sulfide) groups is 1. The number of hydrogen-bond acceptors (Lipinski definition) is 6. The van der Waals surface area contributed by atoms with Crippen molar-refractivity contribution in [3.63, 3.8) is 0 Å². The van der Waals surface area contributed by atoms with Gasteiger partial charge in [0, 0.05) is 19.6 Å². The van der Waals surface area contributed by atoms with Gasteiger partial charge in [0.05, 0.1) is 30.0 Å². The molecule has 0 radical (unpaired) electrons. The maximum Gasteiger partial charge on any atom is 0.230 e. The van der Waals surface area contributed by atoms with Crippen LogP contribution in [0.25, 0.3) is 11.0 Å². The predicted octanol–water partition coefficient (Wildman–Crippen LogP) is 3.18. The molecule has 1 fully saturated rings. The van der Waals surface area contributed by atoms with Crippen molar-refractivity contribution in [2.75, 3.05) is 37.0 Å². The number of nitrogens with zero attached hydrogens (tertiary/aromatic N) is 3. The zero-order valence-corrected chi connectivity index (χ0v) is 17.2. The van der Waals surface area contributed by atoms with E-state index >= 15 is 0 Å². The smallest absolute Gasteiger partial charge is 0.230 e. The molecule has 1 saturated heterocycles. The van der Waals surface area contributed by atoms with Crippen LogP contribution in [0.1, 0.15) is 11.1 Å². The standard InChI is InChI=1S/C22H24N4O2S/c1-16-6-8-17(9-7-16)14-23-20(27)15-29-22-21(26-10-12-28-13-11-26)24-18-4-2-3-5-19(18)25-22/h2-9H,10-15H2,1H3,(H,23,27). The van der Waals surface area contributed by atoms with Crippen molar-refractivity contribution in [3.05, 3.63) is 59.7 Å². The summed E-state index contributed by atoms with van der Waals surface area (Å²) >= 11 is 1.43. The van der Waals surface area contributed by atoms with Crippen molar-refractivity contribution in [1.29, 1.82) is 0 Å². The minimum Gasteiger partial charge on any atom is -0.378 e. The highest BCUT2D eigenvalue weighted by Gasteiger charge is 2.19. The van der Waals surface area contributed by atoms with E-state index in [4.69, 9.17) is 14.7 Å². The number of anilines is 1. The third-order valence-corrected chi connectivity index (χ3v) is 5.74. The monoisotopic (exact) mass is 408 g/mol. The van der Waals surface area contributed by atoms with Crippen molar-refractivity contribution in [2.45, 2.75) is 18.5 Å². The Hall–Kier alpha value is -2.64. The van der Waals surface area contributed by atoms with Crippen molar-refractivity contribution in [1.82, 2.24) is 15.3 Å². The predicted molar refractivity (Wildman–Crippen MR) is 116 cm³/mol. The molecule has 6 nitrogen and oxygen atoms in total. The van der Waals surface area contributed by atoms with Gasteiger partial charge in [0.1, 0.15) is 5.03 Å². The average Bonchev–Trinajstić information content (AvgIpc) is 2.77. The average molecular weight is 409 g/mol. The molecule has 0 bridgehead atoms. The summed E-state index contributed by atoms with van der Waals surface area (Å²) in [6, 6.07) is 16.0. The van der Waals surface area contributed by atoms with Crippen LogP contribution in [0.2, 0.25) is 0 Å². The number of para-hydroxylation sites is 2. The first-order valence-corrected chi connectivity index (χ1v) is 10.7. The van der Waals surface area contributed by atoms with Gasteiger partial charge in [0.2, 0.25) is 5.91 Å². The van der Waals surface area contributed by atoms with Crippen LogP contribution < -0.4 is 10.2 Å². The molecule has 7 heteroatoms. The lowest BCUT2D eigenvalue weighted by atomic mass is 10.1. The van der Waals surface area contributed by atoms with Gasteiger partial charge < -0.3 is 15.0 Å². The lowest BCUT2D eigenvalue weighted by Gasteiger charge is -2.29. The van der Waals surface area contributed by atoms with E-state index in [1.54, 1.807) is 0 Å². The van der Waals surface area contributed by atoms with E-state index in [2.05, 4.69) is 29.3 Å². The first-order valence-electron chi connectivity index (χ1n) is 9.73. The second kappa shape index (κ2) is 9.24. The molecular weight excluding hydrogens is 384 g/mol. The fourth-order valence-electron chi connectivity index (χ4n) is 3.14. The number of rotatable bonds is 6. The first-order chi connectivity index (χ1) is 14.2. The molecule has 1 aliphatic heterocycles. The second-order valence-electron chi connectivity index (χ2n) is 6.99. The van der Waals surface area contributed by atoms with Gasteiger partial charge in [-0.15, -0.1) is 0 Å². The molecule has 0 spiro atoms. The van der Waals surface area contributed by atoms with Crippen LogP contribution >= 0.6 is 11.8 Å². The van der Waals surface area contributed by atoms with E-state index in [1.807, 2.05) is 36.4 Å². The molecule has 150 valence electrons. The molecule has 1 aromatic heterocycles. The molecule has 2 aromatic carbocycles. The Labute approximate surface area is 174 Å². The summed E-state index contributed by atoms with van der Waals surface area (Å²) in [6.07, 6.45) is 0. The Bertz CT molecular complexity index is 988. The fourth-order valence-corrected chi connectivity index (χ4v) is 3.98. The molecule has 0 atom stereocenters. The molecule has 0 saturated carbocycles. The van der Waals surface area contributed by atoms with E-state index in [-0.39, 0.29) is 5.91 Å². The number of fused-ring (bicyclic) bond motifs is 1. The summed E-state index contributed by atoms with van der Waals surface area (Å²) in [5, 5.41) is 3.77. The number of ether oxygens (including phenoxy) is 1.